The maximum absolute atomic E-state index is 4.69. The van der Waals surface area contributed by atoms with E-state index in [0.29, 0.717) is 5.92 Å². The van der Waals surface area contributed by atoms with E-state index < -0.39 is 0 Å². The van der Waals surface area contributed by atoms with Crippen LogP contribution >= 0.6 is 24.0 Å². The zero-order valence-corrected chi connectivity index (χ0v) is 16.5. The molecule has 0 spiro atoms. The summed E-state index contributed by atoms with van der Waals surface area (Å²) in [6, 6.07) is 8.71. The Morgan fingerprint density at radius 1 is 1.19 bits per heavy atom. The van der Waals surface area contributed by atoms with E-state index in [9.17, 15) is 0 Å². The van der Waals surface area contributed by atoms with E-state index in [1.54, 1.807) is 0 Å². The summed E-state index contributed by atoms with van der Waals surface area (Å²) in [6.07, 6.45) is 0. The molecule has 0 fully saturated rings. The lowest BCUT2D eigenvalue weighted by molar-refractivity contribution is 0.501. The van der Waals surface area contributed by atoms with Crippen molar-refractivity contribution < 1.29 is 0 Å². The van der Waals surface area contributed by atoms with E-state index in [-0.39, 0.29) is 29.5 Å². The summed E-state index contributed by atoms with van der Waals surface area (Å²) < 4.78 is 0. The Morgan fingerprint density at radius 3 is 2.24 bits per heavy atom. The molecule has 120 valence electrons. The molecule has 1 rings (SSSR count). The fraction of sp³-hybridized carbons (Fsp3) is 0.588. The largest absolute Gasteiger partial charge is 0.357 e. The molecular weight excluding hydrogens is 373 g/mol. The quantitative estimate of drug-likeness (QED) is 0.452. The van der Waals surface area contributed by atoms with Crippen molar-refractivity contribution in [2.75, 3.05) is 13.1 Å². The van der Waals surface area contributed by atoms with Crippen molar-refractivity contribution in [1.82, 2.24) is 10.6 Å². The van der Waals surface area contributed by atoms with Gasteiger partial charge in [0.2, 0.25) is 0 Å². The van der Waals surface area contributed by atoms with Gasteiger partial charge in [0, 0.05) is 24.5 Å². The number of nitrogens with zero attached hydrogens (tertiary/aromatic N) is 1. The number of guanidine groups is 1. The van der Waals surface area contributed by atoms with Crippen LogP contribution in [0.4, 0.5) is 0 Å². The Hall–Kier alpha value is -0.780. The molecule has 1 atom stereocenters. The topological polar surface area (TPSA) is 36.4 Å². The first kappa shape index (κ1) is 20.2. The van der Waals surface area contributed by atoms with Crippen molar-refractivity contribution in [2.24, 2.45) is 4.99 Å². The zero-order valence-electron chi connectivity index (χ0n) is 14.2. The van der Waals surface area contributed by atoms with Crippen LogP contribution in [0.2, 0.25) is 0 Å². The van der Waals surface area contributed by atoms with E-state index in [1.165, 1.54) is 11.1 Å². The second kappa shape index (κ2) is 9.28. The minimum atomic E-state index is 0. The number of hydrogen-bond acceptors (Lipinski definition) is 1. The molecule has 0 aliphatic rings. The molecule has 0 heterocycles. The lowest BCUT2D eigenvalue weighted by Crippen LogP contribution is -2.47. The number of rotatable bonds is 4. The van der Waals surface area contributed by atoms with Crippen LogP contribution < -0.4 is 10.6 Å². The normalized spacial score (nSPS) is 13.3. The summed E-state index contributed by atoms with van der Waals surface area (Å²) in [5, 5.41) is 6.71. The van der Waals surface area contributed by atoms with Crippen LogP contribution in [0.3, 0.4) is 0 Å². The van der Waals surface area contributed by atoms with E-state index >= 15 is 0 Å². The molecule has 1 unspecified atom stereocenters. The van der Waals surface area contributed by atoms with Crippen LogP contribution in [0.1, 0.15) is 51.7 Å². The van der Waals surface area contributed by atoms with Crippen molar-refractivity contribution >= 4 is 29.9 Å². The fourth-order valence-corrected chi connectivity index (χ4v) is 1.89. The number of aliphatic imine (C=N–C) groups is 1. The monoisotopic (exact) mass is 403 g/mol. The molecule has 0 saturated heterocycles. The van der Waals surface area contributed by atoms with Gasteiger partial charge in [-0.2, -0.15) is 0 Å². The first-order valence-corrected chi connectivity index (χ1v) is 7.45. The van der Waals surface area contributed by atoms with Gasteiger partial charge in [0.1, 0.15) is 0 Å². The predicted molar refractivity (Wildman–Crippen MR) is 104 cm³/mol. The highest BCUT2D eigenvalue weighted by Gasteiger charge is 2.12. The molecular formula is C17H30IN3. The van der Waals surface area contributed by atoms with E-state index in [2.05, 4.69) is 76.4 Å². The van der Waals surface area contributed by atoms with Crippen LogP contribution in [-0.2, 0) is 0 Å². The lowest BCUT2D eigenvalue weighted by Gasteiger charge is -2.24. The van der Waals surface area contributed by atoms with Crippen LogP contribution in [0.5, 0.6) is 0 Å². The molecule has 21 heavy (non-hydrogen) atoms. The van der Waals surface area contributed by atoms with Gasteiger partial charge in [-0.25, -0.2) is 0 Å². The highest BCUT2D eigenvalue weighted by molar-refractivity contribution is 14.0. The van der Waals surface area contributed by atoms with Gasteiger partial charge in [0.25, 0.3) is 0 Å². The summed E-state index contributed by atoms with van der Waals surface area (Å²) >= 11 is 0. The Labute approximate surface area is 147 Å². The third-order valence-corrected chi connectivity index (χ3v) is 3.01. The molecule has 0 amide bonds. The van der Waals surface area contributed by atoms with Gasteiger partial charge in [0.05, 0.1) is 0 Å². The molecule has 0 aromatic heterocycles. The maximum atomic E-state index is 4.69. The summed E-state index contributed by atoms with van der Waals surface area (Å²) in [6.45, 7) is 14.5. The molecule has 0 aliphatic heterocycles. The average molecular weight is 403 g/mol. The van der Waals surface area contributed by atoms with Gasteiger partial charge >= 0.3 is 0 Å². The van der Waals surface area contributed by atoms with E-state index in [0.717, 1.165) is 19.0 Å². The predicted octanol–water partition coefficient (Wildman–Crippen LogP) is 4.07. The van der Waals surface area contributed by atoms with Crippen molar-refractivity contribution in [2.45, 2.75) is 53.0 Å². The number of benzene rings is 1. The Kier molecular flexibility index (Phi) is 8.94. The van der Waals surface area contributed by atoms with Gasteiger partial charge < -0.3 is 10.6 Å². The molecule has 3 nitrogen and oxygen atoms in total. The van der Waals surface area contributed by atoms with Crippen LogP contribution in [0.25, 0.3) is 0 Å². The average Bonchev–Trinajstić information content (AvgIpc) is 2.35. The first-order valence-electron chi connectivity index (χ1n) is 7.45. The highest BCUT2D eigenvalue weighted by Crippen LogP contribution is 2.16. The second-order valence-corrected chi connectivity index (χ2v) is 6.41. The summed E-state index contributed by atoms with van der Waals surface area (Å²) in [7, 11) is 0. The first-order chi connectivity index (χ1) is 9.31. The molecule has 0 bridgehead atoms. The third kappa shape index (κ3) is 8.29. The van der Waals surface area contributed by atoms with Crippen molar-refractivity contribution in [3.63, 3.8) is 0 Å². The minimum Gasteiger partial charge on any atom is -0.357 e. The lowest BCUT2D eigenvalue weighted by atomic mass is 10.0. The number of hydrogen-bond donors (Lipinski definition) is 2. The molecule has 0 radical (unpaired) electrons. The number of halogens is 1. The smallest absolute Gasteiger partial charge is 0.191 e. The van der Waals surface area contributed by atoms with Crippen molar-refractivity contribution in [1.29, 1.82) is 0 Å². The second-order valence-electron chi connectivity index (χ2n) is 6.41. The molecule has 1 aromatic carbocycles. The maximum Gasteiger partial charge on any atom is 0.191 e. The van der Waals surface area contributed by atoms with E-state index in [4.69, 9.17) is 4.99 Å². The third-order valence-electron chi connectivity index (χ3n) is 3.01. The molecule has 2 N–H and O–H groups in total. The summed E-state index contributed by atoms with van der Waals surface area (Å²) in [5.41, 5.74) is 2.66. The summed E-state index contributed by atoms with van der Waals surface area (Å²) in [4.78, 5) is 4.69. The van der Waals surface area contributed by atoms with Crippen LogP contribution in [-0.4, -0.2) is 24.6 Å². The standard InChI is InChI=1S/C17H29N3.HI/c1-7-18-16(20-17(4,5)6)19-12-14(3)15-10-8-13(2)9-11-15;/h8-11,14H,7,12H2,1-6H3,(H2,18,19,20);1H. The fourth-order valence-electron chi connectivity index (χ4n) is 1.89. The molecule has 1 aromatic rings. The van der Waals surface area contributed by atoms with Gasteiger partial charge in [-0.15, -0.1) is 24.0 Å². The van der Waals surface area contributed by atoms with Crippen molar-refractivity contribution in [3.05, 3.63) is 35.4 Å². The molecule has 0 aliphatic carbocycles. The highest BCUT2D eigenvalue weighted by atomic mass is 127. The number of aryl methyl sites for hydroxylation is 1. The Morgan fingerprint density at radius 2 is 1.76 bits per heavy atom. The Bertz CT molecular complexity index is 432. The van der Waals surface area contributed by atoms with Crippen molar-refractivity contribution in [3.8, 4) is 0 Å². The van der Waals surface area contributed by atoms with Gasteiger partial charge in [-0.1, -0.05) is 36.8 Å². The zero-order chi connectivity index (χ0) is 15.2. The van der Waals surface area contributed by atoms with Crippen LogP contribution in [0.15, 0.2) is 29.3 Å². The van der Waals surface area contributed by atoms with Gasteiger partial charge in [0.15, 0.2) is 5.96 Å². The van der Waals surface area contributed by atoms with E-state index in [1.807, 2.05) is 0 Å². The van der Waals surface area contributed by atoms with Crippen LogP contribution in [0, 0.1) is 6.92 Å². The van der Waals surface area contributed by atoms with Gasteiger partial charge in [-0.05, 0) is 40.2 Å². The number of nitrogens with one attached hydrogen (secondary N) is 2. The Balaban J connectivity index is 0.00000400. The molecule has 0 saturated carbocycles. The summed E-state index contributed by atoms with van der Waals surface area (Å²) in [5.74, 6) is 1.31. The minimum absolute atomic E-state index is 0. The SMILES string of the molecule is CCNC(=NCC(C)c1ccc(C)cc1)NC(C)(C)C.I. The molecule has 4 heteroatoms. The van der Waals surface area contributed by atoms with Gasteiger partial charge in [-0.3, -0.25) is 4.99 Å².